The molecule has 0 aliphatic carbocycles. The minimum atomic E-state index is 0.415. The smallest absolute Gasteiger partial charge is 0.0700 e. The van der Waals surface area contributed by atoms with E-state index in [2.05, 4.69) is 43.4 Å². The van der Waals surface area contributed by atoms with Gasteiger partial charge in [0.05, 0.1) is 13.2 Å². The Morgan fingerprint density at radius 3 is 2.85 bits per heavy atom. The summed E-state index contributed by atoms with van der Waals surface area (Å²) in [7, 11) is 1.70. The van der Waals surface area contributed by atoms with Gasteiger partial charge >= 0.3 is 0 Å². The monoisotopic (exact) mass is 297 g/mol. The van der Waals surface area contributed by atoms with Gasteiger partial charge in [0.15, 0.2) is 0 Å². The van der Waals surface area contributed by atoms with E-state index in [1.807, 2.05) is 11.8 Å². The summed E-state index contributed by atoms with van der Waals surface area (Å²) in [4.78, 5) is 1.34. The number of nitrogens with one attached hydrogen (secondary N) is 1. The summed E-state index contributed by atoms with van der Waals surface area (Å²) in [5, 5.41) is 3.44. The largest absolute Gasteiger partial charge is 0.382 e. The molecular weight excluding hydrogens is 270 g/mol. The predicted molar refractivity (Wildman–Crippen MR) is 86.6 cm³/mol. The third kappa shape index (κ3) is 7.29. The minimum Gasteiger partial charge on any atom is -0.382 e. The first kappa shape index (κ1) is 17.5. The molecule has 1 aromatic carbocycles. The van der Waals surface area contributed by atoms with Gasteiger partial charge in [-0.25, -0.2) is 0 Å². The highest BCUT2D eigenvalue weighted by Gasteiger charge is 2.04. The number of thioether (sulfide) groups is 1. The van der Waals surface area contributed by atoms with Gasteiger partial charge in [0.2, 0.25) is 0 Å². The fourth-order valence-electron chi connectivity index (χ4n) is 1.89. The first-order valence-electron chi connectivity index (χ1n) is 7.30. The van der Waals surface area contributed by atoms with Crippen molar-refractivity contribution in [2.75, 3.05) is 39.2 Å². The normalized spacial score (nSPS) is 12.6. The van der Waals surface area contributed by atoms with Crippen molar-refractivity contribution in [3.63, 3.8) is 0 Å². The van der Waals surface area contributed by atoms with Crippen molar-refractivity contribution < 1.29 is 9.47 Å². The second kappa shape index (κ2) is 11.1. The van der Waals surface area contributed by atoms with Gasteiger partial charge in [-0.05, 0) is 37.6 Å². The van der Waals surface area contributed by atoms with Gasteiger partial charge < -0.3 is 14.8 Å². The second-order valence-corrected chi connectivity index (χ2v) is 5.83. The highest BCUT2D eigenvalue weighted by Crippen LogP contribution is 2.22. The Labute approximate surface area is 127 Å². The highest BCUT2D eigenvalue weighted by atomic mass is 32.2. The number of ether oxygens (including phenoxy) is 2. The van der Waals surface area contributed by atoms with Gasteiger partial charge in [0, 0.05) is 30.4 Å². The van der Waals surface area contributed by atoms with Crippen LogP contribution in [0.2, 0.25) is 0 Å². The molecule has 0 radical (unpaired) electrons. The van der Waals surface area contributed by atoms with Crippen LogP contribution in [-0.2, 0) is 9.47 Å². The molecule has 0 fully saturated rings. The van der Waals surface area contributed by atoms with Gasteiger partial charge in [-0.1, -0.05) is 19.1 Å². The molecule has 114 valence electrons. The van der Waals surface area contributed by atoms with Gasteiger partial charge in [-0.2, -0.15) is 0 Å². The third-order valence-corrected chi connectivity index (χ3v) is 4.08. The van der Waals surface area contributed by atoms with E-state index in [9.17, 15) is 0 Å². The van der Waals surface area contributed by atoms with Crippen LogP contribution in [0.5, 0.6) is 0 Å². The SMILES string of the molecule is CCNC(C)c1cccc(SCCCOCCOC)c1. The predicted octanol–water partition coefficient (Wildman–Crippen LogP) is 3.50. The average molecular weight is 297 g/mol. The van der Waals surface area contributed by atoms with Crippen LogP contribution in [0.3, 0.4) is 0 Å². The quantitative estimate of drug-likeness (QED) is 0.500. The Morgan fingerprint density at radius 1 is 1.25 bits per heavy atom. The average Bonchev–Trinajstić information content (AvgIpc) is 2.47. The Hall–Kier alpha value is -0.550. The second-order valence-electron chi connectivity index (χ2n) is 4.66. The first-order chi connectivity index (χ1) is 9.77. The number of hydrogen-bond donors (Lipinski definition) is 1. The van der Waals surface area contributed by atoms with E-state index in [0.29, 0.717) is 19.3 Å². The van der Waals surface area contributed by atoms with E-state index in [0.717, 1.165) is 25.3 Å². The van der Waals surface area contributed by atoms with E-state index in [1.165, 1.54) is 10.5 Å². The molecule has 0 aromatic heterocycles. The Balaban J connectivity index is 2.25. The summed E-state index contributed by atoms with van der Waals surface area (Å²) >= 11 is 1.89. The first-order valence-corrected chi connectivity index (χ1v) is 8.29. The van der Waals surface area contributed by atoms with Crippen molar-refractivity contribution in [3.8, 4) is 0 Å². The summed E-state index contributed by atoms with van der Waals surface area (Å²) in [5.74, 6) is 1.09. The molecule has 20 heavy (non-hydrogen) atoms. The molecule has 4 heteroatoms. The van der Waals surface area contributed by atoms with Crippen molar-refractivity contribution in [2.24, 2.45) is 0 Å². The van der Waals surface area contributed by atoms with Gasteiger partial charge in [-0.15, -0.1) is 11.8 Å². The van der Waals surface area contributed by atoms with E-state index in [1.54, 1.807) is 7.11 Å². The van der Waals surface area contributed by atoms with Crippen molar-refractivity contribution in [1.82, 2.24) is 5.32 Å². The van der Waals surface area contributed by atoms with Crippen LogP contribution < -0.4 is 5.32 Å². The molecule has 1 atom stereocenters. The van der Waals surface area contributed by atoms with Crippen LogP contribution in [0.15, 0.2) is 29.2 Å². The summed E-state index contributed by atoms with van der Waals surface area (Å²) in [6.07, 6.45) is 1.07. The maximum atomic E-state index is 5.46. The number of methoxy groups -OCH3 is 1. The molecule has 0 heterocycles. The molecule has 0 bridgehead atoms. The Morgan fingerprint density at radius 2 is 2.10 bits per heavy atom. The van der Waals surface area contributed by atoms with Crippen LogP contribution in [0, 0.1) is 0 Å². The topological polar surface area (TPSA) is 30.5 Å². The summed E-state index contributed by atoms with van der Waals surface area (Å²) in [6.45, 7) is 7.52. The van der Waals surface area contributed by atoms with Crippen LogP contribution in [-0.4, -0.2) is 39.2 Å². The molecule has 0 amide bonds. The van der Waals surface area contributed by atoms with Gasteiger partial charge in [0.25, 0.3) is 0 Å². The number of rotatable bonds is 11. The summed E-state index contributed by atoms with van der Waals surface area (Å²) in [5.41, 5.74) is 1.35. The maximum Gasteiger partial charge on any atom is 0.0700 e. The van der Waals surface area contributed by atoms with Crippen molar-refractivity contribution >= 4 is 11.8 Å². The van der Waals surface area contributed by atoms with Crippen LogP contribution in [0.25, 0.3) is 0 Å². The fourth-order valence-corrected chi connectivity index (χ4v) is 2.79. The lowest BCUT2D eigenvalue weighted by Gasteiger charge is -2.13. The number of benzene rings is 1. The lowest BCUT2D eigenvalue weighted by Crippen LogP contribution is -2.17. The molecule has 1 unspecified atom stereocenters. The van der Waals surface area contributed by atoms with Crippen LogP contribution in [0.4, 0.5) is 0 Å². The van der Waals surface area contributed by atoms with Crippen molar-refractivity contribution in [1.29, 1.82) is 0 Å². The van der Waals surface area contributed by atoms with E-state index >= 15 is 0 Å². The molecule has 0 aliphatic rings. The molecule has 0 spiro atoms. The number of hydrogen-bond acceptors (Lipinski definition) is 4. The Bertz CT molecular complexity index is 360. The lowest BCUT2D eigenvalue weighted by molar-refractivity contribution is 0.0713. The highest BCUT2D eigenvalue weighted by molar-refractivity contribution is 7.99. The molecule has 1 rings (SSSR count). The van der Waals surface area contributed by atoms with Crippen LogP contribution in [0.1, 0.15) is 31.9 Å². The molecule has 0 aliphatic heterocycles. The van der Waals surface area contributed by atoms with E-state index in [4.69, 9.17) is 9.47 Å². The summed E-state index contributed by atoms with van der Waals surface area (Å²) in [6, 6.07) is 9.20. The fraction of sp³-hybridized carbons (Fsp3) is 0.625. The van der Waals surface area contributed by atoms with Gasteiger partial charge in [-0.3, -0.25) is 0 Å². The van der Waals surface area contributed by atoms with Crippen molar-refractivity contribution in [3.05, 3.63) is 29.8 Å². The van der Waals surface area contributed by atoms with Crippen molar-refractivity contribution in [2.45, 2.75) is 31.2 Å². The van der Waals surface area contributed by atoms with Gasteiger partial charge in [0.1, 0.15) is 0 Å². The zero-order chi connectivity index (χ0) is 14.6. The zero-order valence-electron chi connectivity index (χ0n) is 12.9. The maximum absolute atomic E-state index is 5.46. The standard InChI is InChI=1S/C16H27NO2S/c1-4-17-14(2)15-7-5-8-16(13-15)20-12-6-9-19-11-10-18-3/h5,7-8,13-14,17H,4,6,9-12H2,1-3H3. The lowest BCUT2D eigenvalue weighted by atomic mass is 10.1. The minimum absolute atomic E-state index is 0.415. The molecule has 0 saturated heterocycles. The zero-order valence-corrected chi connectivity index (χ0v) is 13.7. The van der Waals surface area contributed by atoms with E-state index in [-0.39, 0.29) is 0 Å². The van der Waals surface area contributed by atoms with Crippen LogP contribution >= 0.6 is 11.8 Å². The molecule has 3 nitrogen and oxygen atoms in total. The molecule has 1 aromatic rings. The molecule has 0 saturated carbocycles. The Kier molecular flexibility index (Phi) is 9.75. The third-order valence-electron chi connectivity index (χ3n) is 3.00. The molecule has 1 N–H and O–H groups in total. The molecular formula is C16H27NO2S. The summed E-state index contributed by atoms with van der Waals surface area (Å²) < 4.78 is 10.4. The van der Waals surface area contributed by atoms with E-state index < -0.39 is 0 Å².